The van der Waals surface area contributed by atoms with E-state index in [1.54, 1.807) is 19.3 Å². The maximum atomic E-state index is 12.4. The van der Waals surface area contributed by atoms with E-state index in [2.05, 4.69) is 12.2 Å². The van der Waals surface area contributed by atoms with Gasteiger partial charge < -0.3 is 14.8 Å². The lowest BCUT2D eigenvalue weighted by Crippen LogP contribution is -2.23. The average Bonchev–Trinajstić information content (AvgIpc) is 2.81. The second kappa shape index (κ2) is 13.9. The van der Waals surface area contributed by atoms with Crippen LogP contribution in [0.5, 0.6) is 11.5 Å². The van der Waals surface area contributed by atoms with Crippen molar-refractivity contribution in [3.8, 4) is 17.6 Å². The molecule has 0 atom stereocenters. The molecule has 0 heterocycles. The van der Waals surface area contributed by atoms with Gasteiger partial charge in [0.15, 0.2) is 11.5 Å². The van der Waals surface area contributed by atoms with Gasteiger partial charge in [0.05, 0.1) is 13.7 Å². The number of nitriles is 1. The summed E-state index contributed by atoms with van der Waals surface area (Å²) in [5.41, 5.74) is 1.72. The number of hydrogen-bond donors (Lipinski definition) is 1. The first-order valence-corrected chi connectivity index (χ1v) is 10.9. The number of nitrogens with zero attached hydrogens (tertiary/aromatic N) is 1. The minimum Gasteiger partial charge on any atom is -0.493 e. The Morgan fingerprint density at radius 2 is 1.77 bits per heavy atom. The lowest BCUT2D eigenvalue weighted by Gasteiger charge is -2.11. The van der Waals surface area contributed by atoms with Crippen molar-refractivity contribution in [1.82, 2.24) is 5.32 Å². The zero-order valence-corrected chi connectivity index (χ0v) is 18.5. The molecule has 0 bridgehead atoms. The Morgan fingerprint density at radius 1 is 1.03 bits per heavy atom. The third-order valence-corrected chi connectivity index (χ3v) is 4.92. The minimum atomic E-state index is -0.409. The summed E-state index contributed by atoms with van der Waals surface area (Å²) in [7, 11) is 1.58. The molecule has 0 aliphatic rings. The summed E-state index contributed by atoms with van der Waals surface area (Å²) in [5, 5.41) is 12.2. The molecule has 5 heteroatoms. The van der Waals surface area contributed by atoms with E-state index in [1.165, 1.54) is 25.7 Å². The number of benzene rings is 2. The molecule has 1 N–H and O–H groups in total. The van der Waals surface area contributed by atoms with Crippen molar-refractivity contribution >= 4 is 12.0 Å². The highest BCUT2D eigenvalue weighted by Gasteiger charge is 2.11. The number of methoxy groups -OCH3 is 1. The Balaban J connectivity index is 1.94. The van der Waals surface area contributed by atoms with Gasteiger partial charge in [0.1, 0.15) is 11.6 Å². The highest BCUT2D eigenvalue weighted by molar-refractivity contribution is 6.01. The zero-order chi connectivity index (χ0) is 22.3. The van der Waals surface area contributed by atoms with Gasteiger partial charge in [-0.05, 0) is 35.8 Å². The molecular formula is C26H32N2O3. The minimum absolute atomic E-state index is 0.0405. The smallest absolute Gasteiger partial charge is 0.262 e. The van der Waals surface area contributed by atoms with Crippen molar-refractivity contribution in [2.24, 2.45) is 0 Å². The van der Waals surface area contributed by atoms with Crippen LogP contribution >= 0.6 is 0 Å². The number of carbonyl (C=O) groups excluding carboxylic acids is 1. The van der Waals surface area contributed by atoms with Crippen LogP contribution in [0.15, 0.2) is 54.1 Å². The molecule has 164 valence electrons. The number of hydrogen-bond acceptors (Lipinski definition) is 4. The normalized spacial score (nSPS) is 10.9. The third kappa shape index (κ3) is 8.55. The zero-order valence-electron chi connectivity index (χ0n) is 18.5. The summed E-state index contributed by atoms with van der Waals surface area (Å²) in [6.45, 7) is 3.22. The predicted octanol–water partition coefficient (Wildman–Crippen LogP) is 5.66. The summed E-state index contributed by atoms with van der Waals surface area (Å²) in [6.07, 6.45) is 8.78. The fourth-order valence-electron chi connectivity index (χ4n) is 3.15. The number of carbonyl (C=O) groups is 1. The topological polar surface area (TPSA) is 71.3 Å². The number of nitrogens with one attached hydrogen (secondary N) is 1. The molecule has 0 radical (unpaired) electrons. The van der Waals surface area contributed by atoms with Crippen molar-refractivity contribution in [2.75, 3.05) is 13.7 Å². The summed E-state index contributed by atoms with van der Waals surface area (Å²) in [5.74, 6) is 0.843. The van der Waals surface area contributed by atoms with Crippen LogP contribution in [0, 0.1) is 11.3 Å². The molecular weight excluding hydrogens is 388 g/mol. The quantitative estimate of drug-likeness (QED) is 0.258. The van der Waals surface area contributed by atoms with E-state index >= 15 is 0 Å². The van der Waals surface area contributed by atoms with E-state index < -0.39 is 5.91 Å². The second-order valence-corrected chi connectivity index (χ2v) is 7.36. The highest BCUT2D eigenvalue weighted by Crippen LogP contribution is 2.29. The van der Waals surface area contributed by atoms with Crippen LogP contribution in [0.4, 0.5) is 0 Å². The molecule has 0 aliphatic carbocycles. The fraction of sp³-hybridized carbons (Fsp3) is 0.385. The molecule has 0 aliphatic heterocycles. The fourth-order valence-corrected chi connectivity index (χ4v) is 3.15. The molecule has 31 heavy (non-hydrogen) atoms. The van der Waals surface area contributed by atoms with Crippen LogP contribution in [-0.2, 0) is 11.3 Å². The molecule has 2 rings (SSSR count). The Labute approximate surface area is 185 Å². The average molecular weight is 421 g/mol. The Kier molecular flexibility index (Phi) is 10.7. The van der Waals surface area contributed by atoms with Gasteiger partial charge in [-0.2, -0.15) is 5.26 Å². The summed E-state index contributed by atoms with van der Waals surface area (Å²) in [6, 6.07) is 17.0. The molecule has 0 unspecified atom stereocenters. The molecule has 0 spiro atoms. The van der Waals surface area contributed by atoms with Gasteiger partial charge in [0.25, 0.3) is 5.91 Å². The second-order valence-electron chi connectivity index (χ2n) is 7.36. The van der Waals surface area contributed by atoms with E-state index in [0.29, 0.717) is 30.2 Å². The van der Waals surface area contributed by atoms with Crippen molar-refractivity contribution in [3.63, 3.8) is 0 Å². The Hall–Kier alpha value is -3.26. The lowest BCUT2D eigenvalue weighted by atomic mass is 10.1. The SMILES string of the molecule is CCCCCCCCOc1ccc(/C=C(\C#N)C(=O)NCc2ccccc2)cc1OC. The molecule has 0 fully saturated rings. The predicted molar refractivity (Wildman–Crippen MR) is 124 cm³/mol. The van der Waals surface area contributed by atoms with Gasteiger partial charge >= 0.3 is 0 Å². The van der Waals surface area contributed by atoms with Crippen molar-refractivity contribution in [1.29, 1.82) is 5.26 Å². The number of ether oxygens (including phenoxy) is 2. The van der Waals surface area contributed by atoms with Crippen molar-refractivity contribution in [2.45, 2.75) is 52.0 Å². The maximum Gasteiger partial charge on any atom is 0.262 e. The molecule has 2 aromatic carbocycles. The summed E-state index contributed by atoms with van der Waals surface area (Å²) < 4.78 is 11.3. The third-order valence-electron chi connectivity index (χ3n) is 4.92. The van der Waals surface area contributed by atoms with Crippen LogP contribution < -0.4 is 14.8 Å². The molecule has 0 aromatic heterocycles. The van der Waals surface area contributed by atoms with Gasteiger partial charge in [0.2, 0.25) is 0 Å². The van der Waals surface area contributed by atoms with Crippen molar-refractivity contribution in [3.05, 3.63) is 65.2 Å². The highest BCUT2D eigenvalue weighted by atomic mass is 16.5. The van der Waals surface area contributed by atoms with Crippen molar-refractivity contribution < 1.29 is 14.3 Å². The maximum absolute atomic E-state index is 12.4. The molecule has 1 amide bonds. The largest absolute Gasteiger partial charge is 0.493 e. The first-order chi connectivity index (χ1) is 15.2. The molecule has 0 saturated heterocycles. The van der Waals surface area contributed by atoms with E-state index in [0.717, 1.165) is 18.4 Å². The lowest BCUT2D eigenvalue weighted by molar-refractivity contribution is -0.117. The molecule has 2 aromatic rings. The number of amides is 1. The first kappa shape index (κ1) is 24.0. The van der Waals surface area contributed by atoms with Crippen LogP contribution in [0.1, 0.15) is 56.6 Å². The van der Waals surface area contributed by atoms with E-state index in [9.17, 15) is 10.1 Å². The Morgan fingerprint density at radius 3 is 2.48 bits per heavy atom. The number of rotatable bonds is 13. The molecule has 5 nitrogen and oxygen atoms in total. The van der Waals surface area contributed by atoms with E-state index in [1.807, 2.05) is 48.5 Å². The summed E-state index contributed by atoms with van der Waals surface area (Å²) >= 11 is 0. The van der Waals surface area contributed by atoms with Gasteiger partial charge in [-0.15, -0.1) is 0 Å². The molecule has 0 saturated carbocycles. The van der Waals surface area contributed by atoms with Gasteiger partial charge in [-0.3, -0.25) is 4.79 Å². The van der Waals surface area contributed by atoms with Gasteiger partial charge in [-0.25, -0.2) is 0 Å². The van der Waals surface area contributed by atoms with Crippen LogP contribution in [0.2, 0.25) is 0 Å². The van der Waals surface area contributed by atoms with Crippen LogP contribution in [-0.4, -0.2) is 19.6 Å². The first-order valence-electron chi connectivity index (χ1n) is 10.9. The van der Waals surface area contributed by atoms with Crippen LogP contribution in [0.3, 0.4) is 0 Å². The Bertz CT molecular complexity index is 885. The monoisotopic (exact) mass is 420 g/mol. The van der Waals surface area contributed by atoms with E-state index in [-0.39, 0.29) is 5.57 Å². The standard InChI is InChI=1S/C26H32N2O3/c1-3-4-5-6-7-11-16-31-24-15-14-22(18-25(24)30-2)17-23(19-27)26(29)28-20-21-12-9-8-10-13-21/h8-10,12-15,17-18H,3-7,11,16,20H2,1-2H3,(H,28,29)/b23-17+. The van der Waals surface area contributed by atoms with Crippen LogP contribution in [0.25, 0.3) is 6.08 Å². The van der Waals surface area contributed by atoms with E-state index in [4.69, 9.17) is 9.47 Å². The van der Waals surface area contributed by atoms with Gasteiger partial charge in [0, 0.05) is 6.54 Å². The van der Waals surface area contributed by atoms with Gasteiger partial charge in [-0.1, -0.05) is 75.4 Å². The number of unbranched alkanes of at least 4 members (excludes halogenated alkanes) is 5. The summed E-state index contributed by atoms with van der Waals surface area (Å²) in [4.78, 5) is 12.4.